The third-order valence-electron chi connectivity index (χ3n) is 5.99. The van der Waals surface area contributed by atoms with Gasteiger partial charge in [-0.25, -0.2) is 0 Å². The second kappa shape index (κ2) is 10.3. The van der Waals surface area contributed by atoms with Gasteiger partial charge in [-0.2, -0.15) is 4.80 Å². The third-order valence-corrected chi connectivity index (χ3v) is 6.85. The Morgan fingerprint density at radius 1 is 1.23 bits per heavy atom. The molecule has 4 heterocycles. The van der Waals surface area contributed by atoms with Gasteiger partial charge in [0, 0.05) is 10.9 Å². The van der Waals surface area contributed by atoms with E-state index in [0.717, 1.165) is 36.3 Å². The Hall–Kier alpha value is -3.73. The van der Waals surface area contributed by atoms with E-state index in [-0.39, 0.29) is 36.8 Å². The van der Waals surface area contributed by atoms with Crippen molar-refractivity contribution in [2.24, 2.45) is 0 Å². The number of amides is 2. The van der Waals surface area contributed by atoms with Crippen molar-refractivity contribution in [3.05, 3.63) is 64.4 Å². The molecular weight excluding hydrogens is 468 g/mol. The van der Waals surface area contributed by atoms with Gasteiger partial charge in [-0.15, -0.1) is 21.5 Å². The van der Waals surface area contributed by atoms with Crippen LogP contribution in [0.25, 0.3) is 11.6 Å². The molecule has 0 spiro atoms. The first kappa shape index (κ1) is 23.0. The van der Waals surface area contributed by atoms with Crippen molar-refractivity contribution < 1.29 is 18.4 Å². The predicted molar refractivity (Wildman–Crippen MR) is 127 cm³/mol. The highest BCUT2D eigenvalue weighted by Gasteiger charge is 2.35. The summed E-state index contributed by atoms with van der Waals surface area (Å²) in [5.74, 6) is 1.31. The molecule has 4 aromatic heterocycles. The molecule has 0 bridgehead atoms. The maximum absolute atomic E-state index is 13.6. The minimum absolute atomic E-state index is 0.106. The molecule has 0 radical (unpaired) electrons. The largest absolute Gasteiger partial charge is 0.467 e. The number of hydrogen-bond acceptors (Lipinski definition) is 8. The second-order valence-corrected chi connectivity index (χ2v) is 9.59. The monoisotopic (exact) mass is 494 g/mol. The van der Waals surface area contributed by atoms with Crippen molar-refractivity contribution in [2.45, 2.75) is 57.8 Å². The molecule has 0 saturated heterocycles. The van der Waals surface area contributed by atoms with E-state index in [0.29, 0.717) is 11.5 Å². The van der Waals surface area contributed by atoms with Crippen molar-refractivity contribution in [3.63, 3.8) is 0 Å². The summed E-state index contributed by atoms with van der Waals surface area (Å²) >= 11 is 1.52. The van der Waals surface area contributed by atoms with Crippen molar-refractivity contribution >= 4 is 23.2 Å². The summed E-state index contributed by atoms with van der Waals surface area (Å²) in [6, 6.07) is 10.0. The molecule has 1 N–H and O–H groups in total. The van der Waals surface area contributed by atoms with E-state index in [9.17, 15) is 9.59 Å². The zero-order valence-corrected chi connectivity index (χ0v) is 20.1. The molecule has 5 rings (SSSR count). The number of nitrogens with zero attached hydrogens (tertiary/aromatic N) is 5. The van der Waals surface area contributed by atoms with Crippen LogP contribution in [0, 0.1) is 6.92 Å². The van der Waals surface area contributed by atoms with Gasteiger partial charge >= 0.3 is 0 Å². The fourth-order valence-corrected chi connectivity index (χ4v) is 4.99. The summed E-state index contributed by atoms with van der Waals surface area (Å²) < 4.78 is 11.2. The summed E-state index contributed by atoms with van der Waals surface area (Å²) in [6.07, 6.45) is 5.56. The Labute approximate surface area is 205 Å². The first-order valence-corrected chi connectivity index (χ1v) is 12.4. The van der Waals surface area contributed by atoms with Crippen molar-refractivity contribution in [2.75, 3.05) is 0 Å². The van der Waals surface area contributed by atoms with Crippen LogP contribution in [0.4, 0.5) is 0 Å². The number of hydrogen-bond donors (Lipinski definition) is 1. The highest BCUT2D eigenvalue weighted by atomic mass is 32.1. The van der Waals surface area contributed by atoms with Crippen LogP contribution in [0.1, 0.15) is 48.1 Å². The van der Waals surface area contributed by atoms with Gasteiger partial charge in [0.2, 0.25) is 11.7 Å². The molecule has 1 fully saturated rings. The minimum Gasteiger partial charge on any atom is -0.467 e. The normalized spacial score (nSPS) is 14.8. The maximum Gasteiger partial charge on any atom is 0.250 e. The molecule has 0 aromatic carbocycles. The Kier molecular flexibility index (Phi) is 6.75. The summed E-state index contributed by atoms with van der Waals surface area (Å²) in [6.45, 7) is 1.89. The predicted octanol–water partition coefficient (Wildman–Crippen LogP) is 3.72. The SMILES string of the molecule is Cc1ccc(-c2nnn(CC(=O)N(Cc3cccs3)[C@H](C(=O)NC3CCCC3)c3ccco3)n2)o1. The Morgan fingerprint density at radius 3 is 2.77 bits per heavy atom. The Bertz CT molecular complexity index is 1260. The van der Waals surface area contributed by atoms with Gasteiger partial charge in [-0.05, 0) is 60.7 Å². The average molecular weight is 495 g/mol. The quantitative estimate of drug-likeness (QED) is 0.377. The average Bonchev–Trinajstić information content (AvgIpc) is 3.65. The van der Waals surface area contributed by atoms with Crippen LogP contribution in [0.2, 0.25) is 0 Å². The number of aryl methyl sites for hydroxylation is 1. The molecular formula is C24H26N6O4S. The molecule has 35 heavy (non-hydrogen) atoms. The van der Waals surface area contributed by atoms with Crippen molar-refractivity contribution in [1.82, 2.24) is 30.4 Å². The standard InChI is InChI=1S/C24H26N6O4S/c1-16-10-11-20(34-16)23-26-28-30(27-23)15-21(31)29(14-18-8-5-13-35-18)22(19-9-4-12-33-19)24(32)25-17-6-2-3-7-17/h4-5,8-13,17,22H,2-3,6-7,14-15H2,1H3,(H,25,32)/t22-/m0/s1. The first-order valence-electron chi connectivity index (χ1n) is 11.6. The number of rotatable bonds is 9. The smallest absolute Gasteiger partial charge is 0.250 e. The molecule has 1 aliphatic carbocycles. The van der Waals surface area contributed by atoms with Crippen LogP contribution >= 0.6 is 11.3 Å². The highest BCUT2D eigenvalue weighted by Crippen LogP contribution is 2.27. The molecule has 1 saturated carbocycles. The van der Waals surface area contributed by atoms with Crippen LogP contribution in [-0.2, 0) is 22.7 Å². The van der Waals surface area contributed by atoms with E-state index >= 15 is 0 Å². The maximum atomic E-state index is 13.6. The van der Waals surface area contributed by atoms with Gasteiger partial charge in [0.25, 0.3) is 5.91 Å². The first-order chi connectivity index (χ1) is 17.1. The van der Waals surface area contributed by atoms with Gasteiger partial charge in [-0.1, -0.05) is 18.9 Å². The molecule has 182 valence electrons. The second-order valence-electron chi connectivity index (χ2n) is 8.56. The lowest BCUT2D eigenvalue weighted by Gasteiger charge is -2.30. The van der Waals surface area contributed by atoms with Crippen LogP contribution in [0.5, 0.6) is 0 Å². The number of carbonyl (C=O) groups is 2. The summed E-state index contributed by atoms with van der Waals surface area (Å²) in [4.78, 5) is 30.8. The van der Waals surface area contributed by atoms with E-state index in [1.807, 2.05) is 24.4 Å². The molecule has 10 nitrogen and oxygen atoms in total. The number of aromatic nitrogens is 4. The topological polar surface area (TPSA) is 119 Å². The lowest BCUT2D eigenvalue weighted by Crippen LogP contribution is -2.46. The molecule has 1 aliphatic rings. The summed E-state index contributed by atoms with van der Waals surface area (Å²) in [5, 5.41) is 17.4. The van der Waals surface area contributed by atoms with Gasteiger partial charge in [0.15, 0.2) is 11.8 Å². The minimum atomic E-state index is -0.920. The van der Waals surface area contributed by atoms with E-state index < -0.39 is 6.04 Å². The van der Waals surface area contributed by atoms with Crippen LogP contribution < -0.4 is 5.32 Å². The Balaban J connectivity index is 1.41. The fraction of sp³-hybridized carbons (Fsp3) is 0.375. The molecule has 11 heteroatoms. The van der Waals surface area contributed by atoms with Crippen molar-refractivity contribution in [3.8, 4) is 11.6 Å². The molecule has 1 atom stereocenters. The molecule has 0 unspecified atom stereocenters. The van der Waals surface area contributed by atoms with Crippen LogP contribution in [-0.4, -0.2) is 43.0 Å². The van der Waals surface area contributed by atoms with E-state index in [1.54, 1.807) is 24.3 Å². The number of carbonyl (C=O) groups excluding carboxylic acids is 2. The molecule has 0 aliphatic heterocycles. The zero-order chi connectivity index (χ0) is 24.2. The van der Waals surface area contributed by atoms with E-state index in [4.69, 9.17) is 8.83 Å². The van der Waals surface area contributed by atoms with Crippen LogP contribution in [0.15, 0.2) is 56.9 Å². The number of furan rings is 2. The molecule has 4 aromatic rings. The lowest BCUT2D eigenvalue weighted by atomic mass is 10.1. The highest BCUT2D eigenvalue weighted by molar-refractivity contribution is 7.09. The summed E-state index contributed by atoms with van der Waals surface area (Å²) in [5.41, 5.74) is 0. The van der Waals surface area contributed by atoms with E-state index in [1.165, 1.54) is 27.3 Å². The zero-order valence-electron chi connectivity index (χ0n) is 19.3. The van der Waals surface area contributed by atoms with Gasteiger partial charge in [0.05, 0.1) is 12.8 Å². The fourth-order valence-electron chi connectivity index (χ4n) is 4.29. The number of thiophene rings is 1. The van der Waals surface area contributed by atoms with Gasteiger partial charge in [-0.3, -0.25) is 9.59 Å². The van der Waals surface area contributed by atoms with Crippen molar-refractivity contribution in [1.29, 1.82) is 0 Å². The number of tetrazole rings is 1. The van der Waals surface area contributed by atoms with Crippen LogP contribution in [0.3, 0.4) is 0 Å². The number of nitrogens with one attached hydrogen (secondary N) is 1. The third kappa shape index (κ3) is 5.35. The lowest BCUT2D eigenvalue weighted by molar-refractivity contribution is -0.143. The molecule has 2 amide bonds. The van der Waals surface area contributed by atoms with Gasteiger partial charge in [0.1, 0.15) is 18.1 Å². The van der Waals surface area contributed by atoms with Gasteiger partial charge < -0.3 is 19.1 Å². The Morgan fingerprint density at radius 2 is 2.09 bits per heavy atom. The van der Waals surface area contributed by atoms with E-state index in [2.05, 4.69) is 20.7 Å². The summed E-state index contributed by atoms with van der Waals surface area (Å²) in [7, 11) is 0.